The van der Waals surface area contributed by atoms with Gasteiger partial charge in [-0.1, -0.05) is 0 Å². The maximum Gasteiger partial charge on any atom is 0.225 e. The number of nitrogens with zero attached hydrogens (tertiary/aromatic N) is 3. The van der Waals surface area contributed by atoms with Crippen molar-refractivity contribution >= 4 is 23.2 Å². The lowest BCUT2D eigenvalue weighted by atomic mass is 10.1. The monoisotopic (exact) mass is 324 g/mol. The molecule has 0 unspecified atom stereocenters. The van der Waals surface area contributed by atoms with E-state index in [1.807, 2.05) is 31.3 Å². The molecule has 0 spiro atoms. The molecule has 0 aliphatic carbocycles. The summed E-state index contributed by atoms with van der Waals surface area (Å²) in [6, 6.07) is 0. The molecule has 2 heterocycles. The first-order valence-corrected chi connectivity index (χ1v) is 8.45. The van der Waals surface area contributed by atoms with E-state index in [0.29, 0.717) is 26.1 Å². The number of carbonyl (C=O) groups is 2. The van der Waals surface area contributed by atoms with Crippen molar-refractivity contribution in [2.24, 2.45) is 5.92 Å². The zero-order valence-electron chi connectivity index (χ0n) is 13.5. The summed E-state index contributed by atoms with van der Waals surface area (Å²) in [6.45, 7) is 4.59. The predicted octanol–water partition coefficient (Wildman–Crippen LogP) is 0.520. The summed E-state index contributed by atoms with van der Waals surface area (Å²) in [5.74, 6) is -0.153. The average molecular weight is 324 g/mol. The minimum Gasteiger partial charge on any atom is -0.355 e. The van der Waals surface area contributed by atoms with Crippen molar-refractivity contribution in [3.8, 4) is 0 Å². The number of aromatic nitrogens is 1. The van der Waals surface area contributed by atoms with Gasteiger partial charge in [-0.25, -0.2) is 4.98 Å². The molecule has 1 aromatic rings. The van der Waals surface area contributed by atoms with Gasteiger partial charge in [0.25, 0.3) is 0 Å². The average Bonchev–Trinajstić information content (AvgIpc) is 3.03. The van der Waals surface area contributed by atoms with E-state index in [1.54, 1.807) is 16.2 Å². The largest absolute Gasteiger partial charge is 0.355 e. The number of likely N-dealkylation sites (tertiary alicyclic amines) is 1. The lowest BCUT2D eigenvalue weighted by Crippen LogP contribution is -2.36. The van der Waals surface area contributed by atoms with Crippen LogP contribution in [-0.2, 0) is 16.0 Å². The summed E-state index contributed by atoms with van der Waals surface area (Å²) in [6.07, 6.45) is 1.07. The van der Waals surface area contributed by atoms with Gasteiger partial charge in [0.1, 0.15) is 0 Å². The van der Waals surface area contributed by atoms with Crippen LogP contribution >= 0.6 is 11.3 Å². The zero-order valence-corrected chi connectivity index (χ0v) is 14.3. The molecule has 1 N–H and O–H groups in total. The first-order valence-electron chi connectivity index (χ1n) is 7.57. The van der Waals surface area contributed by atoms with Gasteiger partial charge in [-0.3, -0.25) is 9.59 Å². The number of amides is 2. The molecular formula is C15H24N4O2S. The normalized spacial score (nSPS) is 18.3. The maximum absolute atomic E-state index is 12.2. The molecule has 0 radical (unpaired) electrons. The van der Waals surface area contributed by atoms with Crippen LogP contribution in [0.5, 0.6) is 0 Å². The summed E-state index contributed by atoms with van der Waals surface area (Å²) >= 11 is 1.61. The minimum atomic E-state index is -0.215. The number of nitrogens with one attached hydrogen (secondary N) is 1. The molecule has 2 rings (SSSR count). The third-order valence-corrected chi connectivity index (χ3v) is 4.73. The van der Waals surface area contributed by atoms with Crippen LogP contribution in [0.1, 0.15) is 17.1 Å². The Morgan fingerprint density at radius 3 is 2.95 bits per heavy atom. The van der Waals surface area contributed by atoms with E-state index in [4.69, 9.17) is 0 Å². The van der Waals surface area contributed by atoms with Crippen LogP contribution in [0.25, 0.3) is 0 Å². The van der Waals surface area contributed by atoms with Gasteiger partial charge < -0.3 is 15.1 Å². The van der Waals surface area contributed by atoms with Gasteiger partial charge in [-0.05, 0) is 21.0 Å². The van der Waals surface area contributed by atoms with Gasteiger partial charge in [-0.15, -0.1) is 11.3 Å². The van der Waals surface area contributed by atoms with Crippen molar-refractivity contribution in [3.05, 3.63) is 16.1 Å². The van der Waals surface area contributed by atoms with E-state index in [0.717, 1.165) is 23.7 Å². The van der Waals surface area contributed by atoms with Gasteiger partial charge in [0.15, 0.2) is 0 Å². The van der Waals surface area contributed by atoms with E-state index in [2.05, 4.69) is 10.3 Å². The molecule has 1 aromatic heterocycles. The summed E-state index contributed by atoms with van der Waals surface area (Å²) in [4.78, 5) is 32.3. The van der Waals surface area contributed by atoms with E-state index < -0.39 is 0 Å². The molecule has 2 amide bonds. The molecule has 1 saturated heterocycles. The Kier molecular flexibility index (Phi) is 5.90. The first kappa shape index (κ1) is 16.9. The highest BCUT2D eigenvalue weighted by Crippen LogP contribution is 2.17. The molecule has 22 heavy (non-hydrogen) atoms. The molecule has 1 aliphatic rings. The van der Waals surface area contributed by atoms with Crippen LogP contribution in [0.4, 0.5) is 0 Å². The van der Waals surface area contributed by atoms with Crippen molar-refractivity contribution in [2.75, 3.05) is 40.3 Å². The van der Waals surface area contributed by atoms with Gasteiger partial charge >= 0.3 is 0 Å². The number of carbonyl (C=O) groups excluding carboxylic acids is 2. The molecular weight excluding hydrogens is 300 g/mol. The fraction of sp³-hybridized carbons (Fsp3) is 0.667. The molecule has 1 fully saturated rings. The Bertz CT molecular complexity index is 529. The van der Waals surface area contributed by atoms with E-state index >= 15 is 0 Å². The first-order chi connectivity index (χ1) is 10.5. The van der Waals surface area contributed by atoms with Crippen molar-refractivity contribution in [2.45, 2.75) is 19.8 Å². The summed E-state index contributed by atoms with van der Waals surface area (Å²) in [7, 11) is 3.95. The van der Waals surface area contributed by atoms with E-state index in [1.165, 1.54) is 0 Å². The molecule has 6 nitrogen and oxygen atoms in total. The number of aryl methyl sites for hydroxylation is 1. The number of rotatable bonds is 7. The topological polar surface area (TPSA) is 65.5 Å². The van der Waals surface area contributed by atoms with E-state index in [9.17, 15) is 9.59 Å². The maximum atomic E-state index is 12.2. The predicted molar refractivity (Wildman–Crippen MR) is 86.8 cm³/mol. The standard InChI is InChI=1S/C15H24N4O2S/c1-11-10-22-13(17-11)4-5-16-15(21)12-8-14(20)19(9-12)7-6-18(2)3/h10,12H,4-9H2,1-3H3,(H,16,21)/t12-/m1/s1. The molecule has 0 saturated carbocycles. The van der Waals surface area contributed by atoms with Crippen molar-refractivity contribution in [1.82, 2.24) is 20.1 Å². The highest BCUT2D eigenvalue weighted by Gasteiger charge is 2.33. The Morgan fingerprint density at radius 1 is 1.55 bits per heavy atom. The fourth-order valence-electron chi connectivity index (χ4n) is 2.44. The van der Waals surface area contributed by atoms with Crippen LogP contribution in [-0.4, -0.2) is 66.9 Å². The van der Waals surface area contributed by atoms with Crippen LogP contribution in [0.3, 0.4) is 0 Å². The molecule has 0 aromatic carbocycles. The number of hydrogen-bond donors (Lipinski definition) is 1. The number of hydrogen-bond acceptors (Lipinski definition) is 5. The van der Waals surface area contributed by atoms with E-state index in [-0.39, 0.29) is 17.7 Å². The Balaban J connectivity index is 1.72. The van der Waals surface area contributed by atoms with Gasteiger partial charge in [-0.2, -0.15) is 0 Å². The van der Waals surface area contributed by atoms with Gasteiger partial charge in [0.05, 0.1) is 10.9 Å². The highest BCUT2D eigenvalue weighted by atomic mass is 32.1. The fourth-order valence-corrected chi connectivity index (χ4v) is 3.21. The van der Waals surface area contributed by atoms with Crippen LogP contribution in [0.2, 0.25) is 0 Å². The van der Waals surface area contributed by atoms with Crippen molar-refractivity contribution in [1.29, 1.82) is 0 Å². The molecule has 1 aliphatic heterocycles. The van der Waals surface area contributed by atoms with Gasteiger partial charge in [0.2, 0.25) is 11.8 Å². The SMILES string of the molecule is Cc1csc(CCNC(=O)[C@@H]2CC(=O)N(CCN(C)C)C2)n1. The third kappa shape index (κ3) is 4.78. The molecule has 1 atom stereocenters. The Labute approximate surface area is 135 Å². The zero-order chi connectivity index (χ0) is 16.1. The van der Waals surface area contributed by atoms with Crippen LogP contribution < -0.4 is 5.32 Å². The third-order valence-electron chi connectivity index (χ3n) is 3.71. The lowest BCUT2D eigenvalue weighted by molar-refractivity contribution is -0.129. The summed E-state index contributed by atoms with van der Waals surface area (Å²) in [5.41, 5.74) is 1.02. The number of likely N-dealkylation sites (N-methyl/N-ethyl adjacent to an activating group) is 1. The Morgan fingerprint density at radius 2 is 2.32 bits per heavy atom. The second-order valence-corrected chi connectivity index (χ2v) is 6.91. The van der Waals surface area contributed by atoms with Crippen molar-refractivity contribution in [3.63, 3.8) is 0 Å². The molecule has 122 valence electrons. The van der Waals surface area contributed by atoms with Crippen LogP contribution in [0, 0.1) is 12.8 Å². The summed E-state index contributed by atoms with van der Waals surface area (Å²) < 4.78 is 0. The quantitative estimate of drug-likeness (QED) is 0.794. The second-order valence-electron chi connectivity index (χ2n) is 5.97. The summed E-state index contributed by atoms with van der Waals surface area (Å²) in [5, 5.41) is 5.97. The van der Waals surface area contributed by atoms with Crippen molar-refractivity contribution < 1.29 is 9.59 Å². The van der Waals surface area contributed by atoms with Gasteiger partial charge in [0, 0.05) is 50.1 Å². The molecule has 0 bridgehead atoms. The second kappa shape index (κ2) is 7.69. The highest BCUT2D eigenvalue weighted by molar-refractivity contribution is 7.09. The lowest BCUT2D eigenvalue weighted by Gasteiger charge is -2.19. The minimum absolute atomic E-state index is 0.0195. The van der Waals surface area contributed by atoms with Crippen LogP contribution in [0.15, 0.2) is 5.38 Å². The number of thiazole rings is 1. The molecule has 7 heteroatoms. The Hall–Kier alpha value is -1.47. The smallest absolute Gasteiger partial charge is 0.225 e.